The fourth-order valence-electron chi connectivity index (χ4n) is 3.39. The van der Waals surface area contributed by atoms with Crippen molar-refractivity contribution in [3.05, 3.63) is 83.9 Å². The number of allylic oxidation sites excluding steroid dienone is 1. The third-order valence-electron chi connectivity index (χ3n) is 4.76. The van der Waals surface area contributed by atoms with Gasteiger partial charge in [-0.2, -0.15) is 0 Å². The standard InChI is InChI=1S/C23H17N3O/c27-19-11-12-21-20(14-19)23(26-22(25-21)16-5-2-1-3-6-16)24-18-10-9-15-7-4-8-17(15)13-18/h1-6,8-14,27H,7H2,(H,24,25,26). The van der Waals surface area contributed by atoms with E-state index in [2.05, 4.69) is 40.7 Å². The van der Waals surface area contributed by atoms with Crippen molar-refractivity contribution < 1.29 is 5.11 Å². The molecule has 130 valence electrons. The smallest absolute Gasteiger partial charge is 0.162 e. The number of phenols is 1. The van der Waals surface area contributed by atoms with Gasteiger partial charge in [-0.3, -0.25) is 0 Å². The van der Waals surface area contributed by atoms with Crippen molar-refractivity contribution in [1.82, 2.24) is 9.97 Å². The van der Waals surface area contributed by atoms with Gasteiger partial charge in [0, 0.05) is 16.6 Å². The highest BCUT2D eigenvalue weighted by atomic mass is 16.3. The number of fused-ring (bicyclic) bond motifs is 2. The van der Waals surface area contributed by atoms with Crippen molar-refractivity contribution in [2.24, 2.45) is 0 Å². The average Bonchev–Trinajstić information content (AvgIpc) is 3.17. The van der Waals surface area contributed by atoms with Gasteiger partial charge in [0.1, 0.15) is 11.6 Å². The summed E-state index contributed by atoms with van der Waals surface area (Å²) in [5.74, 6) is 1.52. The second-order valence-corrected chi connectivity index (χ2v) is 6.61. The molecule has 1 aliphatic rings. The summed E-state index contributed by atoms with van der Waals surface area (Å²) in [6.45, 7) is 0. The molecule has 1 aromatic heterocycles. The fraction of sp³-hybridized carbons (Fsp3) is 0.0435. The third-order valence-corrected chi connectivity index (χ3v) is 4.76. The highest BCUT2D eigenvalue weighted by Crippen LogP contribution is 2.31. The lowest BCUT2D eigenvalue weighted by Gasteiger charge is -2.12. The number of hydrogen-bond acceptors (Lipinski definition) is 4. The summed E-state index contributed by atoms with van der Waals surface area (Å²) in [6, 6.07) is 21.4. The molecular weight excluding hydrogens is 334 g/mol. The van der Waals surface area contributed by atoms with Crippen molar-refractivity contribution in [2.45, 2.75) is 6.42 Å². The lowest BCUT2D eigenvalue weighted by molar-refractivity contribution is 0.476. The highest BCUT2D eigenvalue weighted by Gasteiger charge is 2.12. The minimum absolute atomic E-state index is 0.193. The van der Waals surface area contributed by atoms with Gasteiger partial charge in [0.2, 0.25) is 0 Å². The van der Waals surface area contributed by atoms with Gasteiger partial charge in [-0.25, -0.2) is 9.97 Å². The number of rotatable bonds is 3. The Morgan fingerprint density at radius 3 is 2.67 bits per heavy atom. The van der Waals surface area contributed by atoms with Gasteiger partial charge >= 0.3 is 0 Å². The fourth-order valence-corrected chi connectivity index (χ4v) is 3.39. The SMILES string of the molecule is Oc1ccc2nc(-c3ccccc3)nc(Nc3ccc4c(c3)C=CC4)c2c1. The number of nitrogens with zero attached hydrogens (tertiary/aromatic N) is 2. The molecule has 1 aliphatic carbocycles. The molecule has 1 heterocycles. The molecule has 0 fully saturated rings. The van der Waals surface area contributed by atoms with Crippen molar-refractivity contribution in [3.63, 3.8) is 0 Å². The first kappa shape index (κ1) is 15.6. The number of benzene rings is 3. The van der Waals surface area contributed by atoms with Crippen LogP contribution in [0.15, 0.2) is 72.8 Å². The molecule has 0 spiro atoms. The van der Waals surface area contributed by atoms with E-state index in [1.165, 1.54) is 11.1 Å². The van der Waals surface area contributed by atoms with E-state index >= 15 is 0 Å². The van der Waals surface area contributed by atoms with Crippen LogP contribution in [0, 0.1) is 0 Å². The van der Waals surface area contributed by atoms with E-state index in [9.17, 15) is 5.11 Å². The summed E-state index contributed by atoms with van der Waals surface area (Å²) in [6.07, 6.45) is 5.29. The van der Waals surface area contributed by atoms with Crippen LogP contribution in [0.5, 0.6) is 5.75 Å². The Labute approximate surface area is 156 Å². The minimum Gasteiger partial charge on any atom is -0.508 e. The van der Waals surface area contributed by atoms with E-state index in [4.69, 9.17) is 4.98 Å². The topological polar surface area (TPSA) is 58.0 Å². The normalized spacial score (nSPS) is 12.3. The van der Waals surface area contributed by atoms with Crippen LogP contribution in [-0.2, 0) is 6.42 Å². The first-order valence-corrected chi connectivity index (χ1v) is 8.89. The highest BCUT2D eigenvalue weighted by molar-refractivity contribution is 5.93. The summed E-state index contributed by atoms with van der Waals surface area (Å²) < 4.78 is 0. The van der Waals surface area contributed by atoms with E-state index in [0.29, 0.717) is 11.6 Å². The van der Waals surface area contributed by atoms with E-state index in [1.807, 2.05) is 36.4 Å². The Morgan fingerprint density at radius 1 is 0.889 bits per heavy atom. The Balaban J connectivity index is 1.65. The zero-order valence-corrected chi connectivity index (χ0v) is 14.6. The van der Waals surface area contributed by atoms with Gasteiger partial charge in [-0.1, -0.05) is 48.6 Å². The largest absolute Gasteiger partial charge is 0.508 e. The average molecular weight is 351 g/mol. The van der Waals surface area contributed by atoms with Gasteiger partial charge in [-0.05, 0) is 47.9 Å². The first-order chi connectivity index (χ1) is 13.3. The molecule has 0 atom stereocenters. The number of aromatic nitrogens is 2. The zero-order valence-electron chi connectivity index (χ0n) is 14.6. The summed E-state index contributed by atoms with van der Waals surface area (Å²) in [5.41, 5.74) is 5.25. The third kappa shape index (κ3) is 2.91. The molecule has 0 saturated heterocycles. The minimum atomic E-state index is 0.193. The van der Waals surface area contributed by atoms with Crippen LogP contribution >= 0.6 is 0 Å². The van der Waals surface area contributed by atoms with Crippen molar-refractivity contribution in [3.8, 4) is 17.1 Å². The second kappa shape index (κ2) is 6.25. The molecule has 4 nitrogen and oxygen atoms in total. The molecule has 27 heavy (non-hydrogen) atoms. The summed E-state index contributed by atoms with van der Waals surface area (Å²) in [4.78, 5) is 9.42. The zero-order chi connectivity index (χ0) is 18.2. The molecule has 4 heteroatoms. The Kier molecular flexibility index (Phi) is 3.61. The molecular formula is C23H17N3O. The maximum absolute atomic E-state index is 9.94. The molecule has 0 radical (unpaired) electrons. The van der Waals surface area contributed by atoms with Gasteiger partial charge in [0.05, 0.1) is 5.52 Å². The number of anilines is 2. The molecule has 0 bridgehead atoms. The van der Waals surface area contributed by atoms with Crippen molar-refractivity contribution >= 4 is 28.5 Å². The molecule has 0 aliphatic heterocycles. The van der Waals surface area contributed by atoms with Gasteiger partial charge in [-0.15, -0.1) is 0 Å². The summed E-state index contributed by atoms with van der Waals surface area (Å²) >= 11 is 0. The lowest BCUT2D eigenvalue weighted by atomic mass is 10.1. The molecule has 0 unspecified atom stereocenters. The van der Waals surface area contributed by atoms with Crippen LogP contribution in [0.1, 0.15) is 11.1 Å². The molecule has 3 aromatic carbocycles. The first-order valence-electron chi connectivity index (χ1n) is 8.89. The molecule has 4 aromatic rings. The molecule has 2 N–H and O–H groups in total. The Morgan fingerprint density at radius 2 is 1.78 bits per heavy atom. The lowest BCUT2D eigenvalue weighted by Crippen LogP contribution is -2.00. The van der Waals surface area contributed by atoms with Crippen molar-refractivity contribution in [2.75, 3.05) is 5.32 Å². The van der Waals surface area contributed by atoms with Gasteiger partial charge in [0.15, 0.2) is 5.82 Å². The summed E-state index contributed by atoms with van der Waals surface area (Å²) in [5, 5.41) is 14.1. The van der Waals surface area contributed by atoms with E-state index < -0.39 is 0 Å². The summed E-state index contributed by atoms with van der Waals surface area (Å²) in [7, 11) is 0. The van der Waals surface area contributed by atoms with E-state index in [0.717, 1.165) is 28.6 Å². The second-order valence-electron chi connectivity index (χ2n) is 6.61. The Hall–Kier alpha value is -3.66. The van der Waals surface area contributed by atoms with Gasteiger partial charge < -0.3 is 10.4 Å². The van der Waals surface area contributed by atoms with Crippen LogP contribution < -0.4 is 5.32 Å². The van der Waals surface area contributed by atoms with Gasteiger partial charge in [0.25, 0.3) is 0 Å². The maximum Gasteiger partial charge on any atom is 0.162 e. The number of nitrogens with one attached hydrogen (secondary N) is 1. The predicted molar refractivity (Wildman–Crippen MR) is 109 cm³/mol. The van der Waals surface area contributed by atoms with Crippen LogP contribution in [-0.4, -0.2) is 15.1 Å². The van der Waals surface area contributed by atoms with Crippen LogP contribution in [0.2, 0.25) is 0 Å². The van der Waals surface area contributed by atoms with Crippen molar-refractivity contribution in [1.29, 1.82) is 0 Å². The van der Waals surface area contributed by atoms with E-state index in [1.54, 1.807) is 12.1 Å². The van der Waals surface area contributed by atoms with E-state index in [-0.39, 0.29) is 5.75 Å². The molecule has 0 amide bonds. The number of phenolic OH excluding ortho intramolecular Hbond substituents is 1. The molecule has 5 rings (SSSR count). The van der Waals surface area contributed by atoms with Crippen LogP contribution in [0.4, 0.5) is 11.5 Å². The van der Waals surface area contributed by atoms with Crippen LogP contribution in [0.3, 0.4) is 0 Å². The van der Waals surface area contributed by atoms with Crippen LogP contribution in [0.25, 0.3) is 28.4 Å². The number of aromatic hydroxyl groups is 1. The Bertz CT molecular complexity index is 1180. The predicted octanol–water partition coefficient (Wildman–Crippen LogP) is 5.32. The monoisotopic (exact) mass is 351 g/mol. The quantitative estimate of drug-likeness (QED) is 0.525. The number of hydrogen-bond donors (Lipinski definition) is 2. The maximum atomic E-state index is 9.94. The molecule has 0 saturated carbocycles.